The van der Waals surface area contributed by atoms with E-state index in [4.69, 9.17) is 5.11 Å². The van der Waals surface area contributed by atoms with Crippen molar-refractivity contribution in [1.29, 1.82) is 0 Å². The first kappa shape index (κ1) is 15.9. The van der Waals surface area contributed by atoms with Gasteiger partial charge >= 0.3 is 12.0 Å². The van der Waals surface area contributed by atoms with Gasteiger partial charge in [0, 0.05) is 20.0 Å². The lowest BCUT2D eigenvalue weighted by Gasteiger charge is -2.27. The zero-order valence-corrected chi connectivity index (χ0v) is 12.2. The number of nitrogens with zero attached hydrogens (tertiary/aromatic N) is 3. The molecule has 0 aliphatic rings. The van der Waals surface area contributed by atoms with Crippen LogP contribution in [-0.2, 0) is 18.3 Å². The molecule has 0 aromatic carbocycles. The van der Waals surface area contributed by atoms with Gasteiger partial charge in [-0.15, -0.1) is 10.2 Å². The number of carbonyl (C=O) groups is 2. The van der Waals surface area contributed by atoms with Crippen LogP contribution in [0.2, 0.25) is 0 Å². The summed E-state index contributed by atoms with van der Waals surface area (Å²) < 4.78 is 1.76. The van der Waals surface area contributed by atoms with Gasteiger partial charge in [0.2, 0.25) is 0 Å². The Morgan fingerprint density at radius 3 is 2.55 bits per heavy atom. The summed E-state index contributed by atoms with van der Waals surface area (Å²) in [6.07, 6.45) is 2.10. The standard InChI is InChI=1S/C12H21N5O3/c1-12(2,3)9(10(18)19)15-11(20)13-6-5-8-16-14-7-17(8)4/h7,9H,5-6H2,1-4H3,(H,18,19)(H2,13,15,20). The van der Waals surface area contributed by atoms with Crippen molar-refractivity contribution in [1.82, 2.24) is 25.4 Å². The van der Waals surface area contributed by atoms with Crippen molar-refractivity contribution in [3.05, 3.63) is 12.2 Å². The highest BCUT2D eigenvalue weighted by atomic mass is 16.4. The van der Waals surface area contributed by atoms with Crippen molar-refractivity contribution >= 4 is 12.0 Å². The Hall–Kier alpha value is -2.12. The number of nitrogens with one attached hydrogen (secondary N) is 2. The van der Waals surface area contributed by atoms with Gasteiger partial charge in [0.1, 0.15) is 18.2 Å². The lowest BCUT2D eigenvalue weighted by molar-refractivity contribution is -0.141. The monoisotopic (exact) mass is 283 g/mol. The minimum Gasteiger partial charge on any atom is -0.480 e. The molecule has 0 bridgehead atoms. The average Bonchev–Trinajstić information content (AvgIpc) is 2.70. The molecule has 1 unspecified atom stereocenters. The van der Waals surface area contributed by atoms with Gasteiger partial charge < -0.3 is 20.3 Å². The number of carbonyl (C=O) groups excluding carboxylic acids is 1. The lowest BCUT2D eigenvalue weighted by Crippen LogP contribution is -2.52. The van der Waals surface area contributed by atoms with Crippen molar-refractivity contribution in [3.8, 4) is 0 Å². The number of aliphatic carboxylic acids is 1. The summed E-state index contributed by atoms with van der Waals surface area (Å²) in [5.74, 6) is -0.308. The molecule has 1 rings (SSSR count). The number of carboxylic acids is 1. The number of rotatable bonds is 5. The van der Waals surface area contributed by atoms with Crippen LogP contribution in [0.1, 0.15) is 26.6 Å². The topological polar surface area (TPSA) is 109 Å². The van der Waals surface area contributed by atoms with Gasteiger partial charge in [0.15, 0.2) is 0 Å². The fraction of sp³-hybridized carbons (Fsp3) is 0.667. The van der Waals surface area contributed by atoms with E-state index in [1.807, 2.05) is 7.05 Å². The molecule has 0 fully saturated rings. The van der Waals surface area contributed by atoms with Crippen molar-refractivity contribution < 1.29 is 14.7 Å². The summed E-state index contributed by atoms with van der Waals surface area (Å²) in [7, 11) is 1.81. The summed E-state index contributed by atoms with van der Waals surface area (Å²) in [6, 6.07) is -1.45. The minimum atomic E-state index is -1.05. The van der Waals surface area contributed by atoms with Gasteiger partial charge in [-0.3, -0.25) is 0 Å². The largest absolute Gasteiger partial charge is 0.480 e. The van der Waals surface area contributed by atoms with Crippen LogP contribution in [0.5, 0.6) is 0 Å². The number of hydrogen-bond acceptors (Lipinski definition) is 4. The predicted octanol–water partition coefficient (Wildman–Crippen LogP) is 0.156. The third-order valence-electron chi connectivity index (χ3n) is 2.83. The third-order valence-corrected chi connectivity index (χ3v) is 2.83. The molecule has 0 saturated heterocycles. The third kappa shape index (κ3) is 4.52. The van der Waals surface area contributed by atoms with Gasteiger partial charge in [0.25, 0.3) is 0 Å². The van der Waals surface area contributed by atoms with Crippen LogP contribution in [0.3, 0.4) is 0 Å². The molecule has 20 heavy (non-hydrogen) atoms. The van der Waals surface area contributed by atoms with E-state index >= 15 is 0 Å². The average molecular weight is 283 g/mol. The molecular weight excluding hydrogens is 262 g/mol. The minimum absolute atomic E-state index is 0.356. The van der Waals surface area contributed by atoms with Crippen LogP contribution in [0.25, 0.3) is 0 Å². The van der Waals surface area contributed by atoms with E-state index in [0.717, 1.165) is 5.82 Å². The molecule has 8 heteroatoms. The Kier molecular flexibility index (Phi) is 5.06. The lowest BCUT2D eigenvalue weighted by atomic mass is 9.87. The maximum atomic E-state index is 11.7. The Morgan fingerprint density at radius 1 is 1.45 bits per heavy atom. The number of amides is 2. The van der Waals surface area contributed by atoms with E-state index in [9.17, 15) is 9.59 Å². The number of carboxylic acid groups (broad SMARTS) is 1. The number of hydrogen-bond donors (Lipinski definition) is 3. The van der Waals surface area contributed by atoms with Crippen LogP contribution in [-0.4, -0.2) is 44.5 Å². The van der Waals surface area contributed by atoms with Crippen LogP contribution < -0.4 is 10.6 Å². The van der Waals surface area contributed by atoms with E-state index < -0.39 is 23.5 Å². The molecule has 8 nitrogen and oxygen atoms in total. The summed E-state index contributed by atoms with van der Waals surface area (Å²) in [5, 5.41) is 21.8. The maximum absolute atomic E-state index is 11.7. The molecule has 1 aromatic heterocycles. The fourth-order valence-corrected chi connectivity index (χ4v) is 1.65. The summed E-state index contributed by atoms with van der Waals surface area (Å²) in [6.45, 7) is 5.62. The SMILES string of the molecule is Cn1cnnc1CCNC(=O)NC(C(=O)O)C(C)(C)C. The molecule has 0 radical (unpaired) electrons. The molecule has 0 aliphatic heterocycles. The van der Waals surface area contributed by atoms with E-state index in [1.165, 1.54) is 0 Å². The summed E-state index contributed by atoms with van der Waals surface area (Å²) in [5.41, 5.74) is -0.563. The van der Waals surface area contributed by atoms with Gasteiger partial charge in [-0.05, 0) is 5.41 Å². The van der Waals surface area contributed by atoms with Crippen molar-refractivity contribution in [2.75, 3.05) is 6.54 Å². The van der Waals surface area contributed by atoms with Gasteiger partial charge in [-0.25, -0.2) is 9.59 Å². The highest BCUT2D eigenvalue weighted by Crippen LogP contribution is 2.19. The molecule has 0 saturated carbocycles. The maximum Gasteiger partial charge on any atom is 0.326 e. The zero-order valence-electron chi connectivity index (χ0n) is 12.2. The smallest absolute Gasteiger partial charge is 0.326 e. The summed E-state index contributed by atoms with van der Waals surface area (Å²) in [4.78, 5) is 22.8. The molecular formula is C12H21N5O3. The Bertz CT molecular complexity index is 478. The normalized spacial score (nSPS) is 12.8. The molecule has 0 aliphatic carbocycles. The second kappa shape index (κ2) is 6.36. The van der Waals surface area contributed by atoms with Crippen LogP contribution in [0, 0.1) is 5.41 Å². The fourth-order valence-electron chi connectivity index (χ4n) is 1.65. The molecule has 112 valence electrons. The molecule has 3 N–H and O–H groups in total. The van der Waals surface area contributed by atoms with Crippen LogP contribution in [0.4, 0.5) is 4.79 Å². The highest BCUT2D eigenvalue weighted by molar-refractivity contribution is 5.83. The van der Waals surface area contributed by atoms with E-state index in [2.05, 4.69) is 20.8 Å². The van der Waals surface area contributed by atoms with Crippen LogP contribution >= 0.6 is 0 Å². The second-order valence-corrected chi connectivity index (χ2v) is 5.65. The van der Waals surface area contributed by atoms with Crippen molar-refractivity contribution in [3.63, 3.8) is 0 Å². The molecule has 1 heterocycles. The van der Waals surface area contributed by atoms with E-state index in [0.29, 0.717) is 13.0 Å². The quantitative estimate of drug-likeness (QED) is 0.713. The summed E-state index contributed by atoms with van der Waals surface area (Å²) >= 11 is 0. The van der Waals surface area contributed by atoms with E-state index in [1.54, 1.807) is 31.7 Å². The van der Waals surface area contributed by atoms with Gasteiger partial charge in [-0.2, -0.15) is 0 Å². The zero-order chi connectivity index (χ0) is 15.3. The first-order valence-corrected chi connectivity index (χ1v) is 6.32. The van der Waals surface area contributed by atoms with E-state index in [-0.39, 0.29) is 0 Å². The Morgan fingerprint density at radius 2 is 2.10 bits per heavy atom. The second-order valence-electron chi connectivity index (χ2n) is 5.65. The molecule has 1 aromatic rings. The van der Waals surface area contributed by atoms with Crippen molar-refractivity contribution in [2.24, 2.45) is 12.5 Å². The van der Waals surface area contributed by atoms with Crippen LogP contribution in [0.15, 0.2) is 6.33 Å². The Labute approximate surface area is 117 Å². The molecule has 0 spiro atoms. The first-order chi connectivity index (χ1) is 9.21. The van der Waals surface area contributed by atoms with Gasteiger partial charge in [0.05, 0.1) is 0 Å². The molecule has 2 amide bonds. The number of aromatic nitrogens is 3. The number of urea groups is 1. The highest BCUT2D eigenvalue weighted by Gasteiger charge is 2.32. The predicted molar refractivity (Wildman–Crippen MR) is 72.1 cm³/mol. The molecule has 1 atom stereocenters. The van der Waals surface area contributed by atoms with Gasteiger partial charge in [-0.1, -0.05) is 20.8 Å². The van der Waals surface area contributed by atoms with Crippen molar-refractivity contribution in [2.45, 2.75) is 33.2 Å². The number of aryl methyl sites for hydroxylation is 1. The Balaban J connectivity index is 2.43. The first-order valence-electron chi connectivity index (χ1n) is 6.32.